The zero-order chi connectivity index (χ0) is 24.3. The molecule has 1 aromatic heterocycles. The molecule has 0 aromatic carbocycles. The summed E-state index contributed by atoms with van der Waals surface area (Å²) in [6.07, 6.45) is 5.81. The first kappa shape index (κ1) is 23.8. The van der Waals surface area contributed by atoms with Gasteiger partial charge in [-0.2, -0.15) is 0 Å². The Morgan fingerprint density at radius 3 is 2.63 bits per heavy atom. The second-order valence-corrected chi connectivity index (χ2v) is 11.3. The highest BCUT2D eigenvalue weighted by Gasteiger charge is 2.53. The van der Waals surface area contributed by atoms with Crippen molar-refractivity contribution in [3.8, 4) is 0 Å². The van der Waals surface area contributed by atoms with Crippen LogP contribution in [0, 0.1) is 11.3 Å². The number of nitrogens with zero attached hydrogens (tertiary/aromatic N) is 4. The van der Waals surface area contributed by atoms with E-state index in [1.165, 1.54) is 0 Å². The number of hydrazine groups is 1. The molecule has 10 nitrogen and oxygen atoms in total. The van der Waals surface area contributed by atoms with E-state index in [9.17, 15) is 4.79 Å². The molecular weight excluding hydrogens is 468 g/mol. The third kappa shape index (κ3) is 3.85. The van der Waals surface area contributed by atoms with Crippen LogP contribution in [0.2, 0.25) is 5.02 Å². The minimum Gasteiger partial charge on any atom is -0.376 e. The van der Waals surface area contributed by atoms with E-state index in [0.717, 1.165) is 69.9 Å². The van der Waals surface area contributed by atoms with Crippen LogP contribution in [-0.2, 0) is 9.53 Å². The molecule has 1 spiro atoms. The predicted octanol–water partition coefficient (Wildman–Crippen LogP) is 0.600. The number of nitrogens with one attached hydrogen (secondary N) is 3. The number of carbonyl (C=O) groups is 1. The average Bonchev–Trinajstić information content (AvgIpc) is 3.60. The van der Waals surface area contributed by atoms with Gasteiger partial charge in [-0.1, -0.05) is 11.6 Å². The molecule has 35 heavy (non-hydrogen) atoms. The lowest BCUT2D eigenvalue weighted by Crippen LogP contribution is -2.70. The quantitative estimate of drug-likeness (QED) is 0.470. The van der Waals surface area contributed by atoms with Crippen LogP contribution in [0.5, 0.6) is 0 Å². The van der Waals surface area contributed by atoms with E-state index in [1.807, 2.05) is 18.0 Å². The minimum atomic E-state index is -0.309. The van der Waals surface area contributed by atoms with E-state index in [4.69, 9.17) is 22.1 Å². The number of anilines is 1. The number of amides is 1. The van der Waals surface area contributed by atoms with Crippen molar-refractivity contribution in [1.29, 1.82) is 0 Å². The van der Waals surface area contributed by atoms with Gasteiger partial charge in [0.1, 0.15) is 12.1 Å². The zero-order valence-electron chi connectivity index (χ0n) is 20.5. The fraction of sp³-hybridized carbons (Fsp3) is 0.750. The number of piperidine rings is 1. The molecule has 5 aliphatic heterocycles. The van der Waals surface area contributed by atoms with Crippen molar-refractivity contribution < 1.29 is 9.53 Å². The number of nitrogens with two attached hydrogens (primary N) is 1. The first-order chi connectivity index (χ1) is 16.9. The number of likely N-dealkylation sites (tertiary alicyclic amines) is 1. The van der Waals surface area contributed by atoms with Gasteiger partial charge in [-0.15, -0.1) is 0 Å². The standard InChI is InChI=1S/C24H37ClN8O2/c1-14-19(26)24(13-35-14)6-11-33(12-7-24)23-28-20-16(22(34)31(23)2)18(29-30-20)15-5-8-27-21(17(15)25)32-9-3-4-10-32/h5,8,14,16,18-20,23,28-30H,3-4,6-7,9-13,26H2,1-2H3/t14-,16?,18?,19+,20?,23?/m0/s1. The summed E-state index contributed by atoms with van der Waals surface area (Å²) >= 11 is 6.87. The largest absolute Gasteiger partial charge is 0.376 e. The number of pyridine rings is 1. The van der Waals surface area contributed by atoms with Crippen LogP contribution < -0.4 is 26.8 Å². The van der Waals surface area contributed by atoms with Crippen LogP contribution >= 0.6 is 11.6 Å². The van der Waals surface area contributed by atoms with Crippen LogP contribution in [0.25, 0.3) is 0 Å². The molecule has 0 radical (unpaired) electrons. The molecule has 0 aliphatic carbocycles. The number of hydrogen-bond donors (Lipinski definition) is 4. The van der Waals surface area contributed by atoms with Crippen LogP contribution in [-0.4, -0.2) is 85.1 Å². The molecule has 5 fully saturated rings. The second kappa shape index (κ2) is 9.09. The van der Waals surface area contributed by atoms with Crippen molar-refractivity contribution in [2.75, 3.05) is 44.7 Å². The van der Waals surface area contributed by atoms with Crippen LogP contribution in [0.4, 0.5) is 5.82 Å². The fourth-order valence-corrected chi connectivity index (χ4v) is 7.10. The maximum absolute atomic E-state index is 13.7. The Hall–Kier alpha value is -1.53. The Labute approximate surface area is 211 Å². The summed E-state index contributed by atoms with van der Waals surface area (Å²) in [6.45, 7) is 6.50. The van der Waals surface area contributed by atoms with Gasteiger partial charge < -0.3 is 20.3 Å². The Morgan fingerprint density at radius 1 is 1.20 bits per heavy atom. The summed E-state index contributed by atoms with van der Waals surface area (Å²) in [5, 5.41) is 4.32. The van der Waals surface area contributed by atoms with Crippen LogP contribution in [0.1, 0.15) is 44.2 Å². The second-order valence-electron chi connectivity index (χ2n) is 10.9. The lowest BCUT2D eigenvalue weighted by Gasteiger charge is -2.49. The summed E-state index contributed by atoms with van der Waals surface area (Å²) in [4.78, 5) is 24.7. The number of hydrogen-bond acceptors (Lipinski definition) is 9. The molecule has 6 rings (SSSR count). The number of rotatable bonds is 3. The van der Waals surface area contributed by atoms with Gasteiger partial charge in [0.05, 0.1) is 35.9 Å². The molecule has 5 aliphatic rings. The summed E-state index contributed by atoms with van der Waals surface area (Å²) in [7, 11) is 1.90. The van der Waals surface area contributed by atoms with Gasteiger partial charge >= 0.3 is 0 Å². The lowest BCUT2D eigenvalue weighted by atomic mass is 9.73. The predicted molar refractivity (Wildman–Crippen MR) is 133 cm³/mol. The summed E-state index contributed by atoms with van der Waals surface area (Å²) in [5.74, 6) is 0.614. The first-order valence-corrected chi connectivity index (χ1v) is 13.3. The van der Waals surface area contributed by atoms with Gasteiger partial charge in [-0.3, -0.25) is 15.0 Å². The first-order valence-electron chi connectivity index (χ1n) is 12.9. The van der Waals surface area contributed by atoms with Gasteiger partial charge in [-0.25, -0.2) is 15.8 Å². The molecule has 5 N–H and O–H groups in total. The van der Waals surface area contributed by atoms with E-state index in [1.54, 1.807) is 6.20 Å². The highest BCUT2D eigenvalue weighted by Crippen LogP contribution is 2.43. The number of ether oxygens (including phenoxy) is 1. The molecule has 1 aromatic rings. The maximum Gasteiger partial charge on any atom is 0.232 e. The van der Waals surface area contributed by atoms with E-state index in [0.29, 0.717) is 5.02 Å². The van der Waals surface area contributed by atoms with Gasteiger partial charge in [0.2, 0.25) is 5.91 Å². The maximum atomic E-state index is 13.7. The monoisotopic (exact) mass is 504 g/mol. The smallest absolute Gasteiger partial charge is 0.232 e. The van der Waals surface area contributed by atoms with E-state index < -0.39 is 0 Å². The average molecular weight is 505 g/mol. The van der Waals surface area contributed by atoms with Crippen molar-refractivity contribution in [2.45, 2.75) is 63.3 Å². The van der Waals surface area contributed by atoms with Crippen molar-refractivity contribution in [2.24, 2.45) is 17.1 Å². The van der Waals surface area contributed by atoms with Gasteiger partial charge in [0.15, 0.2) is 0 Å². The van der Waals surface area contributed by atoms with Crippen molar-refractivity contribution >= 4 is 23.3 Å². The van der Waals surface area contributed by atoms with E-state index in [-0.39, 0.29) is 47.9 Å². The van der Waals surface area contributed by atoms with Crippen LogP contribution in [0.3, 0.4) is 0 Å². The third-order valence-corrected chi connectivity index (χ3v) is 9.46. The fourth-order valence-electron chi connectivity index (χ4n) is 6.76. The summed E-state index contributed by atoms with van der Waals surface area (Å²) < 4.78 is 5.88. The van der Waals surface area contributed by atoms with Gasteiger partial charge in [0, 0.05) is 50.9 Å². The molecule has 11 heteroatoms. The highest BCUT2D eigenvalue weighted by atomic mass is 35.5. The molecule has 192 valence electrons. The number of aromatic nitrogens is 1. The van der Waals surface area contributed by atoms with Gasteiger partial charge in [0.25, 0.3) is 0 Å². The Kier molecular flexibility index (Phi) is 6.19. The molecule has 0 saturated carbocycles. The van der Waals surface area contributed by atoms with Crippen molar-refractivity contribution in [3.63, 3.8) is 0 Å². The minimum absolute atomic E-state index is 0.0547. The van der Waals surface area contributed by atoms with Crippen LogP contribution in [0.15, 0.2) is 12.3 Å². The molecule has 5 saturated heterocycles. The number of halogens is 1. The summed E-state index contributed by atoms with van der Waals surface area (Å²) in [5.41, 5.74) is 14.2. The normalized spacial score (nSPS) is 37.4. The topological polar surface area (TPSA) is 111 Å². The Balaban J connectivity index is 1.17. The summed E-state index contributed by atoms with van der Waals surface area (Å²) in [6, 6.07) is 1.77. The lowest BCUT2D eigenvalue weighted by molar-refractivity contribution is -0.151. The highest BCUT2D eigenvalue weighted by molar-refractivity contribution is 6.33. The third-order valence-electron chi connectivity index (χ3n) is 9.07. The zero-order valence-corrected chi connectivity index (χ0v) is 21.3. The molecule has 0 bridgehead atoms. The van der Waals surface area contributed by atoms with E-state index >= 15 is 0 Å². The van der Waals surface area contributed by atoms with Crippen molar-refractivity contribution in [3.05, 3.63) is 22.8 Å². The number of carbonyl (C=O) groups excluding carboxylic acids is 1. The molecular formula is C24H37ClN8O2. The SMILES string of the molecule is C[C@@H]1OCC2(CCN(C3NC4NNC(c5ccnc(N6CCCC6)c5Cl)C4C(=O)N3C)CC2)[C@@H]1N. The Morgan fingerprint density at radius 2 is 1.94 bits per heavy atom. The Bertz CT molecular complexity index is 967. The molecule has 1 amide bonds. The van der Waals surface area contributed by atoms with E-state index in [2.05, 4.69) is 37.9 Å². The number of fused-ring (bicyclic) bond motifs is 1. The molecule has 6 heterocycles. The van der Waals surface area contributed by atoms with Gasteiger partial charge in [-0.05, 0) is 44.2 Å². The molecule has 4 unspecified atom stereocenters. The van der Waals surface area contributed by atoms with Crippen molar-refractivity contribution in [1.82, 2.24) is 31.0 Å². The molecule has 6 atom stereocenters.